The van der Waals surface area contributed by atoms with E-state index in [9.17, 15) is 0 Å². The molecule has 2 nitrogen and oxygen atoms in total. The molecule has 0 saturated heterocycles. The maximum Gasteiger partial charge on any atom is 0.0178 e. The Morgan fingerprint density at radius 1 is 0.280 bits per heavy atom. The number of rotatable bonds is 12. The average molecular weight is 663 g/mol. The van der Waals surface area contributed by atoms with Gasteiger partial charge in [0.2, 0.25) is 0 Å². The van der Waals surface area contributed by atoms with Crippen molar-refractivity contribution in [3.05, 3.63) is 214 Å². The zero-order valence-electron chi connectivity index (χ0n) is 30.4. The van der Waals surface area contributed by atoms with Crippen LogP contribution in [0.4, 0.5) is 0 Å². The van der Waals surface area contributed by atoms with E-state index >= 15 is 0 Å². The SMILES string of the molecule is CCc1ccc(CN)cc1.CCc1ccc(CN)cc1.c1ccc(CCCc2ccccc2)cc1.c1ccc(CCCc2ccccc2)cc1. The Balaban J connectivity index is 0.000000184. The van der Waals surface area contributed by atoms with Crippen molar-refractivity contribution < 1.29 is 0 Å². The number of benzene rings is 6. The van der Waals surface area contributed by atoms with E-state index in [1.54, 1.807) is 0 Å². The van der Waals surface area contributed by atoms with Gasteiger partial charge in [-0.3, -0.25) is 0 Å². The Morgan fingerprint density at radius 2 is 0.500 bits per heavy atom. The molecule has 4 N–H and O–H groups in total. The Labute approximate surface area is 303 Å². The topological polar surface area (TPSA) is 52.0 Å². The minimum atomic E-state index is 0.643. The number of hydrogen-bond acceptors (Lipinski definition) is 2. The molecule has 0 aromatic heterocycles. The third-order valence-electron chi connectivity index (χ3n) is 8.57. The van der Waals surface area contributed by atoms with Crippen LogP contribution in [0.3, 0.4) is 0 Å². The quantitative estimate of drug-likeness (QED) is 0.137. The molecule has 0 spiro atoms. The summed E-state index contributed by atoms with van der Waals surface area (Å²) in [6.07, 6.45) is 9.37. The lowest BCUT2D eigenvalue weighted by atomic mass is 10.0. The highest BCUT2D eigenvalue weighted by molar-refractivity contribution is 5.23. The molecule has 2 heteroatoms. The van der Waals surface area contributed by atoms with Gasteiger partial charge in [-0.1, -0.05) is 184 Å². The monoisotopic (exact) mass is 662 g/mol. The van der Waals surface area contributed by atoms with Gasteiger partial charge >= 0.3 is 0 Å². The van der Waals surface area contributed by atoms with Crippen molar-refractivity contribution in [2.75, 3.05) is 0 Å². The zero-order chi connectivity index (χ0) is 35.5. The van der Waals surface area contributed by atoms with E-state index in [-0.39, 0.29) is 0 Å². The highest BCUT2D eigenvalue weighted by Gasteiger charge is 1.95. The molecule has 6 rings (SSSR count). The summed E-state index contributed by atoms with van der Waals surface area (Å²) in [6.45, 7) is 5.59. The maximum atomic E-state index is 5.44. The summed E-state index contributed by atoms with van der Waals surface area (Å²) >= 11 is 0. The predicted molar refractivity (Wildman–Crippen MR) is 217 cm³/mol. The van der Waals surface area contributed by atoms with E-state index in [0.717, 1.165) is 12.8 Å². The molecule has 0 radical (unpaired) electrons. The van der Waals surface area contributed by atoms with E-state index in [2.05, 4.69) is 184 Å². The molecule has 0 heterocycles. The first-order valence-electron chi connectivity index (χ1n) is 18.3. The van der Waals surface area contributed by atoms with Gasteiger partial charge in [0, 0.05) is 13.1 Å². The molecule has 6 aromatic carbocycles. The fourth-order valence-electron chi connectivity index (χ4n) is 5.39. The van der Waals surface area contributed by atoms with Crippen molar-refractivity contribution in [2.24, 2.45) is 11.5 Å². The van der Waals surface area contributed by atoms with Gasteiger partial charge in [0.1, 0.15) is 0 Å². The molecule has 0 aliphatic carbocycles. The molecule has 0 aliphatic rings. The van der Waals surface area contributed by atoms with Crippen molar-refractivity contribution in [3.8, 4) is 0 Å². The molecule has 0 unspecified atom stereocenters. The van der Waals surface area contributed by atoms with Crippen LogP contribution in [0.5, 0.6) is 0 Å². The van der Waals surface area contributed by atoms with Gasteiger partial charge in [-0.25, -0.2) is 0 Å². The van der Waals surface area contributed by atoms with Crippen LogP contribution >= 0.6 is 0 Å². The minimum Gasteiger partial charge on any atom is -0.326 e. The highest BCUT2D eigenvalue weighted by Crippen LogP contribution is 2.09. The summed E-state index contributed by atoms with van der Waals surface area (Å²) in [5, 5.41) is 0. The third kappa shape index (κ3) is 17.1. The Bertz CT molecular complexity index is 1380. The van der Waals surface area contributed by atoms with Gasteiger partial charge < -0.3 is 11.5 Å². The largest absolute Gasteiger partial charge is 0.326 e. The van der Waals surface area contributed by atoms with E-state index in [1.807, 2.05) is 0 Å². The van der Waals surface area contributed by atoms with Crippen molar-refractivity contribution in [3.63, 3.8) is 0 Å². The number of hydrogen-bond donors (Lipinski definition) is 2. The summed E-state index contributed by atoms with van der Waals surface area (Å²) in [6, 6.07) is 59.6. The van der Waals surface area contributed by atoms with E-state index < -0.39 is 0 Å². The van der Waals surface area contributed by atoms with Gasteiger partial charge in [-0.15, -0.1) is 0 Å². The fourth-order valence-corrected chi connectivity index (χ4v) is 5.39. The first-order chi connectivity index (χ1) is 24.6. The van der Waals surface area contributed by atoms with Crippen LogP contribution in [0.25, 0.3) is 0 Å². The second kappa shape index (κ2) is 25.2. The summed E-state index contributed by atoms with van der Waals surface area (Å²) < 4.78 is 0. The first-order valence-corrected chi connectivity index (χ1v) is 18.3. The second-order valence-corrected chi connectivity index (χ2v) is 12.4. The van der Waals surface area contributed by atoms with Gasteiger partial charge in [0.05, 0.1) is 0 Å². The molecule has 0 fully saturated rings. The van der Waals surface area contributed by atoms with Gasteiger partial charge in [-0.05, 0) is 95.9 Å². The molecule has 0 atom stereocenters. The van der Waals surface area contributed by atoms with Crippen LogP contribution in [0.15, 0.2) is 170 Å². The van der Waals surface area contributed by atoms with Gasteiger partial charge in [0.25, 0.3) is 0 Å². The Hall–Kier alpha value is -4.76. The third-order valence-corrected chi connectivity index (χ3v) is 8.57. The lowest BCUT2D eigenvalue weighted by Crippen LogP contribution is -1.95. The molecule has 0 aliphatic heterocycles. The Kier molecular flexibility index (Phi) is 20.0. The molecule has 50 heavy (non-hydrogen) atoms. The fraction of sp³-hybridized carbons (Fsp3) is 0.250. The Morgan fingerprint density at radius 3 is 0.700 bits per heavy atom. The van der Waals surface area contributed by atoms with Crippen LogP contribution in [0.1, 0.15) is 71.2 Å². The van der Waals surface area contributed by atoms with E-state index in [0.29, 0.717) is 13.1 Å². The second-order valence-electron chi connectivity index (χ2n) is 12.4. The van der Waals surface area contributed by atoms with Crippen LogP contribution in [-0.2, 0) is 51.6 Å². The predicted octanol–water partition coefficient (Wildman–Crippen LogP) is 11.1. The standard InChI is InChI=1S/2C15H16.2C9H13N/c2*1-3-8-14(9-4-1)12-7-13-15-10-5-2-6-11-15;2*1-2-8-3-5-9(7-10)6-4-8/h2*1-6,8-11H,7,12-13H2;2*3-6H,2,7,10H2,1H3. The summed E-state index contributed by atoms with van der Waals surface area (Å²) in [7, 11) is 0. The maximum absolute atomic E-state index is 5.44. The normalized spacial score (nSPS) is 10.0. The van der Waals surface area contributed by atoms with E-state index in [1.165, 1.54) is 83.0 Å². The van der Waals surface area contributed by atoms with Gasteiger partial charge in [-0.2, -0.15) is 0 Å². The van der Waals surface area contributed by atoms with Crippen molar-refractivity contribution in [1.82, 2.24) is 0 Å². The smallest absolute Gasteiger partial charge is 0.0178 e. The number of aryl methyl sites for hydroxylation is 6. The molecule has 6 aromatic rings. The molecular weight excluding hydrogens is 605 g/mol. The number of nitrogens with two attached hydrogens (primary N) is 2. The summed E-state index contributed by atoms with van der Waals surface area (Å²) in [5.74, 6) is 0. The molecule has 0 amide bonds. The van der Waals surface area contributed by atoms with Gasteiger partial charge in [0.15, 0.2) is 0 Å². The van der Waals surface area contributed by atoms with E-state index in [4.69, 9.17) is 11.5 Å². The zero-order valence-corrected chi connectivity index (χ0v) is 30.4. The van der Waals surface area contributed by atoms with Crippen LogP contribution in [0, 0.1) is 0 Å². The average Bonchev–Trinajstić information content (AvgIpc) is 3.20. The highest BCUT2D eigenvalue weighted by atomic mass is 14.5. The minimum absolute atomic E-state index is 0.643. The lowest BCUT2D eigenvalue weighted by Gasteiger charge is -2.01. The van der Waals surface area contributed by atoms with Crippen LogP contribution in [-0.4, -0.2) is 0 Å². The van der Waals surface area contributed by atoms with Crippen LogP contribution in [0.2, 0.25) is 0 Å². The molecule has 0 saturated carbocycles. The lowest BCUT2D eigenvalue weighted by molar-refractivity contribution is 0.821. The molecule has 260 valence electrons. The van der Waals surface area contributed by atoms with Crippen molar-refractivity contribution in [2.45, 2.75) is 78.3 Å². The van der Waals surface area contributed by atoms with Crippen LogP contribution < -0.4 is 11.5 Å². The summed E-state index contributed by atoms with van der Waals surface area (Å²) in [5.41, 5.74) is 21.8. The summed E-state index contributed by atoms with van der Waals surface area (Å²) in [4.78, 5) is 0. The van der Waals surface area contributed by atoms with Crippen molar-refractivity contribution in [1.29, 1.82) is 0 Å². The molecule has 0 bridgehead atoms. The molecular formula is C48H58N2. The van der Waals surface area contributed by atoms with Crippen molar-refractivity contribution >= 4 is 0 Å². The first kappa shape index (κ1) is 39.7.